The Balaban J connectivity index is 2.39. The van der Waals surface area contributed by atoms with Crippen LogP contribution in [-0.4, -0.2) is 5.11 Å². The summed E-state index contributed by atoms with van der Waals surface area (Å²) in [5.41, 5.74) is 0.683. The molecule has 0 aromatic heterocycles. The zero-order valence-electron chi connectivity index (χ0n) is 5.15. The summed E-state index contributed by atoms with van der Waals surface area (Å²) in [6.07, 6.45) is -0.346. The molecule has 0 aliphatic carbocycles. The van der Waals surface area contributed by atoms with Gasteiger partial charge in [-0.1, -0.05) is 18.2 Å². The first-order chi connectivity index (χ1) is 4.88. The molecule has 0 bridgehead atoms. The van der Waals surface area contributed by atoms with E-state index in [1.165, 1.54) is 0 Å². The third kappa shape index (κ3) is 0.853. The predicted octanol–water partition coefficient (Wildman–Crippen LogP) is 1.35. The van der Waals surface area contributed by atoms with Crippen LogP contribution in [0.15, 0.2) is 24.3 Å². The number of para-hydroxylation sites is 1. The SMILES string of the molecule is Oc1ccccc1C1OO1. The third-order valence-electron chi connectivity index (χ3n) is 1.38. The van der Waals surface area contributed by atoms with Crippen LogP contribution in [0.2, 0.25) is 0 Å². The summed E-state index contributed by atoms with van der Waals surface area (Å²) >= 11 is 0. The second-order valence-electron chi connectivity index (χ2n) is 2.08. The fourth-order valence-corrected chi connectivity index (χ4v) is 0.818. The van der Waals surface area contributed by atoms with Gasteiger partial charge in [-0.3, -0.25) is 0 Å². The Hall–Kier alpha value is -1.06. The Morgan fingerprint density at radius 2 is 1.90 bits per heavy atom. The molecule has 1 aromatic carbocycles. The van der Waals surface area contributed by atoms with E-state index in [-0.39, 0.29) is 12.0 Å². The van der Waals surface area contributed by atoms with Gasteiger partial charge in [0.1, 0.15) is 5.75 Å². The fraction of sp³-hybridized carbons (Fsp3) is 0.143. The standard InChI is InChI=1S/C7H6O3/c8-6-4-2-1-3-5(6)7-9-10-7/h1-4,7-8H. The van der Waals surface area contributed by atoms with Gasteiger partial charge in [-0.25, -0.2) is 0 Å². The summed E-state index contributed by atoms with van der Waals surface area (Å²) in [5, 5.41) is 9.16. The van der Waals surface area contributed by atoms with Crippen LogP contribution in [0, 0.1) is 0 Å². The molecule has 2 rings (SSSR count). The Morgan fingerprint density at radius 1 is 1.20 bits per heavy atom. The maximum atomic E-state index is 9.16. The van der Waals surface area contributed by atoms with Crippen molar-refractivity contribution < 1.29 is 14.9 Å². The lowest BCUT2D eigenvalue weighted by Gasteiger charge is -1.94. The zero-order valence-corrected chi connectivity index (χ0v) is 5.15. The van der Waals surface area contributed by atoms with Gasteiger partial charge in [0.25, 0.3) is 6.29 Å². The molecule has 52 valence electrons. The van der Waals surface area contributed by atoms with Crippen molar-refractivity contribution in [2.75, 3.05) is 0 Å². The summed E-state index contributed by atoms with van der Waals surface area (Å²) < 4.78 is 0. The van der Waals surface area contributed by atoms with Gasteiger partial charge in [0, 0.05) is 0 Å². The minimum Gasteiger partial charge on any atom is -0.507 e. The second-order valence-corrected chi connectivity index (χ2v) is 2.08. The molecule has 1 aliphatic heterocycles. The molecule has 1 aliphatic rings. The van der Waals surface area contributed by atoms with Crippen molar-refractivity contribution in [2.24, 2.45) is 0 Å². The number of aromatic hydroxyl groups is 1. The van der Waals surface area contributed by atoms with E-state index < -0.39 is 0 Å². The van der Waals surface area contributed by atoms with Crippen molar-refractivity contribution in [3.63, 3.8) is 0 Å². The summed E-state index contributed by atoms with van der Waals surface area (Å²) in [6.45, 7) is 0. The van der Waals surface area contributed by atoms with Gasteiger partial charge < -0.3 is 5.11 Å². The third-order valence-corrected chi connectivity index (χ3v) is 1.38. The lowest BCUT2D eigenvalue weighted by Crippen LogP contribution is -1.78. The summed E-state index contributed by atoms with van der Waals surface area (Å²) in [7, 11) is 0. The highest BCUT2D eigenvalue weighted by molar-refractivity contribution is 5.33. The molecule has 3 heteroatoms. The average molecular weight is 138 g/mol. The normalized spacial score (nSPS) is 17.2. The molecule has 1 fully saturated rings. The first kappa shape index (κ1) is 5.70. The first-order valence-corrected chi connectivity index (χ1v) is 2.98. The van der Waals surface area contributed by atoms with E-state index in [2.05, 4.69) is 9.78 Å². The minimum absolute atomic E-state index is 0.213. The molecule has 10 heavy (non-hydrogen) atoms. The van der Waals surface area contributed by atoms with E-state index in [0.29, 0.717) is 5.56 Å². The number of phenolic OH excluding ortho intramolecular Hbond substituents is 1. The number of rotatable bonds is 1. The molecular formula is C7H6O3. The van der Waals surface area contributed by atoms with Crippen LogP contribution in [0.25, 0.3) is 0 Å². The van der Waals surface area contributed by atoms with E-state index in [4.69, 9.17) is 5.11 Å². The predicted molar refractivity (Wildman–Crippen MR) is 33.0 cm³/mol. The van der Waals surface area contributed by atoms with Gasteiger partial charge in [0.05, 0.1) is 5.56 Å². The molecule has 1 saturated heterocycles. The molecule has 1 aromatic rings. The molecular weight excluding hydrogens is 132 g/mol. The van der Waals surface area contributed by atoms with Crippen LogP contribution in [0.1, 0.15) is 11.9 Å². The number of hydrogen-bond acceptors (Lipinski definition) is 3. The summed E-state index contributed by atoms with van der Waals surface area (Å²) in [5.74, 6) is 0.213. The second kappa shape index (κ2) is 1.97. The van der Waals surface area contributed by atoms with Crippen molar-refractivity contribution in [1.82, 2.24) is 0 Å². The van der Waals surface area contributed by atoms with E-state index in [0.717, 1.165) is 0 Å². The van der Waals surface area contributed by atoms with Crippen molar-refractivity contribution in [3.05, 3.63) is 29.8 Å². The van der Waals surface area contributed by atoms with Crippen LogP contribution in [0.4, 0.5) is 0 Å². The van der Waals surface area contributed by atoms with Crippen LogP contribution in [0.3, 0.4) is 0 Å². The molecule has 0 spiro atoms. The Kier molecular flexibility index (Phi) is 1.12. The Bertz CT molecular complexity index is 242. The number of benzene rings is 1. The average Bonchev–Trinajstić information content (AvgIpc) is 2.71. The maximum Gasteiger partial charge on any atom is 0.253 e. The molecule has 3 nitrogen and oxygen atoms in total. The highest BCUT2D eigenvalue weighted by Crippen LogP contribution is 2.36. The largest absolute Gasteiger partial charge is 0.507 e. The highest BCUT2D eigenvalue weighted by Gasteiger charge is 2.30. The van der Waals surface area contributed by atoms with Gasteiger partial charge in [-0.2, -0.15) is 9.78 Å². The molecule has 1 heterocycles. The zero-order chi connectivity index (χ0) is 6.97. The highest BCUT2D eigenvalue weighted by atomic mass is 17.4. The van der Waals surface area contributed by atoms with Crippen LogP contribution in [-0.2, 0) is 9.78 Å². The van der Waals surface area contributed by atoms with Gasteiger partial charge in [-0.05, 0) is 6.07 Å². The number of phenols is 1. The molecule has 0 atom stereocenters. The summed E-state index contributed by atoms with van der Waals surface area (Å²) in [6, 6.07) is 6.93. The molecule has 0 radical (unpaired) electrons. The maximum absolute atomic E-state index is 9.16. The molecule has 0 unspecified atom stereocenters. The lowest BCUT2D eigenvalue weighted by atomic mass is 10.2. The van der Waals surface area contributed by atoms with E-state index >= 15 is 0 Å². The smallest absolute Gasteiger partial charge is 0.253 e. The Labute approximate surface area is 57.7 Å². The topological polar surface area (TPSA) is 45.3 Å². The van der Waals surface area contributed by atoms with Gasteiger partial charge in [-0.15, -0.1) is 0 Å². The van der Waals surface area contributed by atoms with Crippen molar-refractivity contribution >= 4 is 0 Å². The van der Waals surface area contributed by atoms with Gasteiger partial charge in [0.2, 0.25) is 0 Å². The van der Waals surface area contributed by atoms with Crippen LogP contribution >= 0.6 is 0 Å². The minimum atomic E-state index is -0.346. The van der Waals surface area contributed by atoms with E-state index in [9.17, 15) is 0 Å². The van der Waals surface area contributed by atoms with Gasteiger partial charge in [0.15, 0.2) is 0 Å². The number of hydrogen-bond donors (Lipinski definition) is 1. The van der Waals surface area contributed by atoms with Crippen LogP contribution < -0.4 is 0 Å². The van der Waals surface area contributed by atoms with Crippen molar-refractivity contribution in [2.45, 2.75) is 6.29 Å². The fourth-order valence-electron chi connectivity index (χ4n) is 0.818. The van der Waals surface area contributed by atoms with Crippen molar-refractivity contribution in [3.8, 4) is 5.75 Å². The van der Waals surface area contributed by atoms with Gasteiger partial charge >= 0.3 is 0 Å². The van der Waals surface area contributed by atoms with Crippen LogP contribution in [0.5, 0.6) is 5.75 Å². The van der Waals surface area contributed by atoms with E-state index in [1.807, 2.05) is 6.07 Å². The summed E-state index contributed by atoms with van der Waals surface area (Å²) in [4.78, 5) is 9.03. The quantitative estimate of drug-likeness (QED) is 0.470. The first-order valence-electron chi connectivity index (χ1n) is 2.98. The molecule has 0 amide bonds. The van der Waals surface area contributed by atoms with E-state index in [1.54, 1.807) is 18.2 Å². The molecule has 1 N–H and O–H groups in total. The monoisotopic (exact) mass is 138 g/mol. The van der Waals surface area contributed by atoms with Crippen molar-refractivity contribution in [1.29, 1.82) is 0 Å². The lowest BCUT2D eigenvalue weighted by molar-refractivity contribution is 0.0850. The molecule has 0 saturated carbocycles. The Morgan fingerprint density at radius 3 is 2.50 bits per heavy atom.